The minimum atomic E-state index is -2.30. The molecule has 0 saturated heterocycles. The van der Waals surface area contributed by atoms with Crippen molar-refractivity contribution in [3.63, 3.8) is 0 Å². The van der Waals surface area contributed by atoms with E-state index in [-0.39, 0.29) is 0 Å². The van der Waals surface area contributed by atoms with Gasteiger partial charge in [-0.2, -0.15) is 0 Å². The van der Waals surface area contributed by atoms with E-state index in [1.165, 1.54) is 25.7 Å². The average Bonchev–Trinajstić information content (AvgIpc) is 2.17. The number of hydrogen-bond acceptors (Lipinski definition) is 3. The summed E-state index contributed by atoms with van der Waals surface area (Å²) in [5.41, 5.74) is 0.527. The molecule has 0 amide bonds. The fraction of sp³-hybridized carbons (Fsp3) is 1.00. The number of hydrogen-bond donors (Lipinski definition) is 0. The molecule has 4 heteroatoms. The Kier molecular flexibility index (Phi) is 4.57. The average molecular weight is 218 g/mol. The zero-order valence-electron chi connectivity index (χ0n) is 9.71. The molecular formula is C10H22O3Si. The molecule has 0 unspecified atom stereocenters. The molecule has 0 bridgehead atoms. The molecule has 0 aromatic rings. The van der Waals surface area contributed by atoms with Crippen LogP contribution in [0.5, 0.6) is 0 Å². The lowest BCUT2D eigenvalue weighted by Gasteiger charge is -2.42. The predicted molar refractivity (Wildman–Crippen MR) is 58.2 cm³/mol. The lowest BCUT2D eigenvalue weighted by molar-refractivity contribution is 0.0828. The Morgan fingerprint density at radius 3 is 1.93 bits per heavy atom. The van der Waals surface area contributed by atoms with Gasteiger partial charge in [-0.1, -0.05) is 19.8 Å². The Bertz CT molecular complexity index is 156. The topological polar surface area (TPSA) is 27.7 Å². The van der Waals surface area contributed by atoms with Gasteiger partial charge in [0.2, 0.25) is 0 Å². The van der Waals surface area contributed by atoms with Crippen molar-refractivity contribution in [2.45, 2.75) is 38.1 Å². The summed E-state index contributed by atoms with van der Waals surface area (Å²) in [6.07, 6.45) is 5.04. The standard InChI is InChI=1S/C10H22O3Si/c1-5-6-9-7-10(8-9)14(11-2,12-3)13-4/h9-10H,5-8H2,1-4H3. The van der Waals surface area contributed by atoms with Crippen LogP contribution < -0.4 is 0 Å². The third kappa shape index (κ3) is 2.19. The maximum Gasteiger partial charge on any atom is 0.503 e. The smallest absolute Gasteiger partial charge is 0.377 e. The van der Waals surface area contributed by atoms with Gasteiger partial charge in [-0.05, 0) is 18.8 Å². The van der Waals surface area contributed by atoms with E-state index >= 15 is 0 Å². The maximum absolute atomic E-state index is 5.46. The molecule has 1 aliphatic rings. The van der Waals surface area contributed by atoms with E-state index in [4.69, 9.17) is 13.3 Å². The predicted octanol–water partition coefficient (Wildman–Crippen LogP) is 2.44. The van der Waals surface area contributed by atoms with E-state index in [1.807, 2.05) is 0 Å². The van der Waals surface area contributed by atoms with Gasteiger partial charge >= 0.3 is 8.80 Å². The highest BCUT2D eigenvalue weighted by molar-refractivity contribution is 6.62. The molecule has 14 heavy (non-hydrogen) atoms. The van der Waals surface area contributed by atoms with E-state index in [2.05, 4.69) is 6.92 Å². The van der Waals surface area contributed by atoms with Crippen molar-refractivity contribution in [1.29, 1.82) is 0 Å². The van der Waals surface area contributed by atoms with Gasteiger partial charge in [0, 0.05) is 26.9 Å². The second kappa shape index (κ2) is 5.26. The summed E-state index contributed by atoms with van der Waals surface area (Å²) in [6, 6.07) is 0. The summed E-state index contributed by atoms with van der Waals surface area (Å²) in [6.45, 7) is 2.24. The van der Waals surface area contributed by atoms with E-state index in [9.17, 15) is 0 Å². The van der Waals surface area contributed by atoms with Crippen molar-refractivity contribution in [3.05, 3.63) is 0 Å². The Morgan fingerprint density at radius 2 is 1.57 bits per heavy atom. The van der Waals surface area contributed by atoms with Gasteiger partial charge in [0.15, 0.2) is 0 Å². The molecule has 0 aromatic carbocycles. The van der Waals surface area contributed by atoms with Crippen LogP contribution in [0.15, 0.2) is 0 Å². The summed E-state index contributed by atoms with van der Waals surface area (Å²) >= 11 is 0. The normalized spacial score (nSPS) is 27.4. The first-order chi connectivity index (χ1) is 6.72. The van der Waals surface area contributed by atoms with Crippen molar-refractivity contribution in [3.8, 4) is 0 Å². The minimum absolute atomic E-state index is 0.527. The van der Waals surface area contributed by atoms with Crippen LogP contribution in [-0.4, -0.2) is 30.1 Å². The largest absolute Gasteiger partial charge is 0.503 e. The van der Waals surface area contributed by atoms with Crippen molar-refractivity contribution in [2.75, 3.05) is 21.3 Å². The first-order valence-corrected chi connectivity index (χ1v) is 7.18. The molecular weight excluding hydrogens is 196 g/mol. The lowest BCUT2D eigenvalue weighted by Crippen LogP contribution is -2.51. The minimum Gasteiger partial charge on any atom is -0.377 e. The van der Waals surface area contributed by atoms with Crippen LogP contribution in [0.3, 0.4) is 0 Å². The number of rotatable bonds is 6. The monoisotopic (exact) mass is 218 g/mol. The molecule has 0 spiro atoms. The van der Waals surface area contributed by atoms with E-state index < -0.39 is 8.80 Å². The highest BCUT2D eigenvalue weighted by atomic mass is 28.4. The molecule has 1 fully saturated rings. The molecule has 0 atom stereocenters. The molecule has 0 aromatic heterocycles. The SMILES string of the molecule is CCCC1CC([Si](OC)(OC)OC)C1. The molecule has 0 heterocycles. The molecule has 1 rings (SSSR count). The third-order valence-electron chi connectivity index (χ3n) is 3.29. The summed E-state index contributed by atoms with van der Waals surface area (Å²) in [7, 11) is 2.80. The fourth-order valence-electron chi connectivity index (χ4n) is 2.42. The summed E-state index contributed by atoms with van der Waals surface area (Å²) < 4.78 is 16.4. The van der Waals surface area contributed by atoms with Crippen molar-refractivity contribution in [2.24, 2.45) is 5.92 Å². The van der Waals surface area contributed by atoms with Crippen LogP contribution in [0.2, 0.25) is 5.54 Å². The second-order valence-electron chi connectivity index (χ2n) is 4.04. The zero-order valence-corrected chi connectivity index (χ0v) is 10.7. The highest BCUT2D eigenvalue weighted by Gasteiger charge is 2.52. The van der Waals surface area contributed by atoms with Crippen LogP contribution in [0.25, 0.3) is 0 Å². The van der Waals surface area contributed by atoms with E-state index in [1.54, 1.807) is 21.3 Å². The molecule has 0 radical (unpaired) electrons. The summed E-state index contributed by atoms with van der Waals surface area (Å²) in [5.74, 6) is 0.873. The van der Waals surface area contributed by atoms with Gasteiger partial charge in [-0.3, -0.25) is 0 Å². The second-order valence-corrected chi connectivity index (χ2v) is 7.29. The quantitative estimate of drug-likeness (QED) is 0.641. The Labute approximate surface area is 88.1 Å². The van der Waals surface area contributed by atoms with Gasteiger partial charge in [0.25, 0.3) is 0 Å². The van der Waals surface area contributed by atoms with Gasteiger partial charge in [0.05, 0.1) is 0 Å². The summed E-state index contributed by atoms with van der Waals surface area (Å²) in [4.78, 5) is 0. The fourth-order valence-corrected chi connectivity index (χ4v) is 5.16. The van der Waals surface area contributed by atoms with Crippen molar-refractivity contribution < 1.29 is 13.3 Å². The van der Waals surface area contributed by atoms with Crippen LogP contribution >= 0.6 is 0 Å². The first kappa shape index (κ1) is 12.2. The van der Waals surface area contributed by atoms with Gasteiger partial charge in [-0.25, -0.2) is 0 Å². The van der Waals surface area contributed by atoms with Gasteiger partial charge in [-0.15, -0.1) is 0 Å². The molecule has 84 valence electrons. The Morgan fingerprint density at radius 1 is 1.07 bits per heavy atom. The van der Waals surface area contributed by atoms with Crippen LogP contribution in [0, 0.1) is 5.92 Å². The molecule has 0 N–H and O–H groups in total. The molecule has 3 nitrogen and oxygen atoms in total. The molecule has 1 aliphatic carbocycles. The highest BCUT2D eigenvalue weighted by Crippen LogP contribution is 2.47. The van der Waals surface area contributed by atoms with Crippen LogP contribution in [0.1, 0.15) is 32.6 Å². The third-order valence-corrected chi connectivity index (χ3v) is 6.46. The summed E-state index contributed by atoms with van der Waals surface area (Å²) in [5, 5.41) is 0. The van der Waals surface area contributed by atoms with Crippen molar-refractivity contribution >= 4 is 8.80 Å². The lowest BCUT2D eigenvalue weighted by atomic mass is 9.81. The maximum atomic E-state index is 5.46. The van der Waals surface area contributed by atoms with Gasteiger partial charge < -0.3 is 13.3 Å². The van der Waals surface area contributed by atoms with Crippen molar-refractivity contribution in [1.82, 2.24) is 0 Å². The first-order valence-electron chi connectivity index (χ1n) is 5.37. The van der Waals surface area contributed by atoms with E-state index in [0.717, 1.165) is 5.92 Å². The van der Waals surface area contributed by atoms with Crippen LogP contribution in [-0.2, 0) is 13.3 Å². The Balaban J connectivity index is 2.42. The molecule has 1 saturated carbocycles. The Hall–Kier alpha value is 0.0969. The van der Waals surface area contributed by atoms with Gasteiger partial charge in [0.1, 0.15) is 0 Å². The zero-order chi connectivity index (χ0) is 10.6. The van der Waals surface area contributed by atoms with E-state index in [0.29, 0.717) is 5.54 Å². The van der Waals surface area contributed by atoms with Crippen LogP contribution in [0.4, 0.5) is 0 Å². The molecule has 0 aliphatic heterocycles.